The summed E-state index contributed by atoms with van der Waals surface area (Å²) in [6.45, 7) is 8.71. The normalized spacial score (nSPS) is 26.8. The van der Waals surface area contributed by atoms with Crippen molar-refractivity contribution in [3.05, 3.63) is 28.8 Å². The molecule has 1 aliphatic carbocycles. The monoisotopic (exact) mass is 328 g/mol. The van der Waals surface area contributed by atoms with Crippen molar-refractivity contribution in [3.8, 4) is 11.8 Å². The highest BCUT2D eigenvalue weighted by Gasteiger charge is 2.57. The lowest BCUT2D eigenvalue weighted by Gasteiger charge is -2.46. The second-order valence-corrected chi connectivity index (χ2v) is 7.93. The van der Waals surface area contributed by atoms with Crippen molar-refractivity contribution in [1.82, 2.24) is 4.90 Å². The Morgan fingerprint density at radius 3 is 2.58 bits per heavy atom. The van der Waals surface area contributed by atoms with Gasteiger partial charge in [0.1, 0.15) is 17.4 Å². The number of nitrogens with zero attached hydrogens (tertiary/aromatic N) is 2. The largest absolute Gasteiger partial charge is 0.492 e. The Hall–Kier alpha value is -1.57. The van der Waals surface area contributed by atoms with E-state index in [1.54, 1.807) is 0 Å². The van der Waals surface area contributed by atoms with Crippen LogP contribution in [-0.4, -0.2) is 36.8 Å². The minimum absolute atomic E-state index is 0.193. The Balaban J connectivity index is 2.16. The summed E-state index contributed by atoms with van der Waals surface area (Å²) < 4.78 is 5.88. The molecule has 0 amide bonds. The van der Waals surface area contributed by atoms with E-state index in [1.165, 1.54) is 0 Å². The highest BCUT2D eigenvalue weighted by atomic mass is 16.5. The molecule has 130 valence electrons. The third kappa shape index (κ3) is 2.42. The first-order valence-corrected chi connectivity index (χ1v) is 8.95. The smallest absolute Gasteiger partial charge is 0.143 e. The molecule has 1 aliphatic heterocycles. The molecule has 4 heteroatoms. The van der Waals surface area contributed by atoms with Gasteiger partial charge in [0.15, 0.2) is 0 Å². The molecule has 1 aromatic rings. The van der Waals surface area contributed by atoms with Crippen molar-refractivity contribution < 1.29 is 9.84 Å². The number of nitriles is 1. The molecular formula is C20H28N2O2. The zero-order chi connectivity index (χ0) is 17.5. The number of rotatable bonds is 3. The maximum absolute atomic E-state index is 12.0. The average molecular weight is 328 g/mol. The number of hydrogen-bond acceptors (Lipinski definition) is 4. The van der Waals surface area contributed by atoms with E-state index in [-0.39, 0.29) is 11.3 Å². The van der Waals surface area contributed by atoms with E-state index in [0.29, 0.717) is 17.9 Å². The Morgan fingerprint density at radius 2 is 2.00 bits per heavy atom. The molecule has 1 atom stereocenters. The first-order valence-electron chi connectivity index (χ1n) is 8.95. The van der Waals surface area contributed by atoms with Gasteiger partial charge in [0.25, 0.3) is 0 Å². The molecule has 0 radical (unpaired) electrons. The SMILES string of the molecule is CCOc1c(C#N)ccc2c1C(O)(C1CCN(C)CC1)C(C)(C)C2. The fourth-order valence-electron chi connectivity index (χ4n) is 4.70. The molecule has 0 saturated carbocycles. The molecule has 1 unspecified atom stereocenters. The predicted molar refractivity (Wildman–Crippen MR) is 93.9 cm³/mol. The molecule has 0 bridgehead atoms. The van der Waals surface area contributed by atoms with Gasteiger partial charge in [0.2, 0.25) is 0 Å². The van der Waals surface area contributed by atoms with Crippen molar-refractivity contribution in [3.63, 3.8) is 0 Å². The first kappa shape index (κ1) is 17.3. The topological polar surface area (TPSA) is 56.5 Å². The van der Waals surface area contributed by atoms with Gasteiger partial charge in [0.05, 0.1) is 12.2 Å². The van der Waals surface area contributed by atoms with E-state index in [9.17, 15) is 10.4 Å². The van der Waals surface area contributed by atoms with E-state index >= 15 is 0 Å². The van der Waals surface area contributed by atoms with Gasteiger partial charge in [-0.3, -0.25) is 0 Å². The van der Waals surface area contributed by atoms with Crippen LogP contribution in [0.15, 0.2) is 12.1 Å². The van der Waals surface area contributed by atoms with Crippen LogP contribution < -0.4 is 4.74 Å². The highest BCUT2D eigenvalue weighted by molar-refractivity contribution is 5.58. The molecule has 4 nitrogen and oxygen atoms in total. The van der Waals surface area contributed by atoms with Crippen LogP contribution in [0.2, 0.25) is 0 Å². The summed E-state index contributed by atoms with van der Waals surface area (Å²) in [7, 11) is 2.13. The van der Waals surface area contributed by atoms with Crippen LogP contribution in [0.1, 0.15) is 50.3 Å². The minimum Gasteiger partial charge on any atom is -0.492 e. The molecule has 1 fully saturated rings. The van der Waals surface area contributed by atoms with E-state index in [4.69, 9.17) is 4.74 Å². The minimum atomic E-state index is -0.943. The Labute approximate surface area is 145 Å². The molecule has 0 spiro atoms. The fraction of sp³-hybridized carbons (Fsp3) is 0.650. The molecule has 1 N–H and O–H groups in total. The third-order valence-corrected chi connectivity index (χ3v) is 6.01. The third-order valence-electron chi connectivity index (χ3n) is 6.01. The molecule has 1 heterocycles. The molecule has 3 rings (SSSR count). The number of likely N-dealkylation sites (tertiary alicyclic amines) is 1. The van der Waals surface area contributed by atoms with E-state index < -0.39 is 5.60 Å². The summed E-state index contributed by atoms with van der Waals surface area (Å²) >= 11 is 0. The lowest BCUT2D eigenvalue weighted by Crippen LogP contribution is -2.49. The Kier molecular flexibility index (Phi) is 4.36. The summed E-state index contributed by atoms with van der Waals surface area (Å²) in [5.74, 6) is 0.794. The quantitative estimate of drug-likeness (QED) is 0.926. The highest BCUT2D eigenvalue weighted by Crippen LogP contribution is 2.59. The average Bonchev–Trinajstić information content (AvgIpc) is 2.76. The molecular weight excluding hydrogens is 300 g/mol. The second-order valence-electron chi connectivity index (χ2n) is 7.93. The maximum Gasteiger partial charge on any atom is 0.143 e. The summed E-state index contributed by atoms with van der Waals surface area (Å²) in [6.07, 6.45) is 2.76. The van der Waals surface area contributed by atoms with Crippen molar-refractivity contribution in [2.75, 3.05) is 26.7 Å². The van der Waals surface area contributed by atoms with Crippen molar-refractivity contribution >= 4 is 0 Å². The number of benzene rings is 1. The fourth-order valence-corrected chi connectivity index (χ4v) is 4.70. The number of ether oxygens (including phenoxy) is 1. The van der Waals surface area contributed by atoms with E-state index in [1.807, 2.05) is 19.1 Å². The number of piperidine rings is 1. The predicted octanol–water partition coefficient (Wildman–Crippen LogP) is 3.07. The lowest BCUT2D eigenvalue weighted by molar-refractivity contribution is -0.122. The Bertz CT molecular complexity index is 669. The molecule has 1 saturated heterocycles. The van der Waals surface area contributed by atoms with Gasteiger partial charge in [-0.2, -0.15) is 5.26 Å². The van der Waals surface area contributed by atoms with Crippen LogP contribution in [-0.2, 0) is 12.0 Å². The number of hydrogen-bond donors (Lipinski definition) is 1. The van der Waals surface area contributed by atoms with Gasteiger partial charge in [0, 0.05) is 11.0 Å². The van der Waals surface area contributed by atoms with Crippen molar-refractivity contribution in [1.29, 1.82) is 5.26 Å². The van der Waals surface area contributed by atoms with Gasteiger partial charge in [-0.05, 0) is 63.9 Å². The molecule has 0 aromatic heterocycles. The van der Waals surface area contributed by atoms with Crippen molar-refractivity contribution in [2.45, 2.75) is 45.6 Å². The first-order chi connectivity index (χ1) is 11.3. The molecule has 1 aromatic carbocycles. The number of aliphatic hydroxyl groups is 1. The summed E-state index contributed by atoms with van der Waals surface area (Å²) in [5.41, 5.74) is 1.32. The van der Waals surface area contributed by atoms with E-state index in [0.717, 1.165) is 43.5 Å². The van der Waals surface area contributed by atoms with Crippen LogP contribution in [0.5, 0.6) is 5.75 Å². The summed E-state index contributed by atoms with van der Waals surface area (Å²) in [4.78, 5) is 2.32. The van der Waals surface area contributed by atoms with Crippen molar-refractivity contribution in [2.24, 2.45) is 11.3 Å². The molecule has 2 aliphatic rings. The lowest BCUT2D eigenvalue weighted by atomic mass is 9.65. The summed E-state index contributed by atoms with van der Waals surface area (Å²) in [5, 5.41) is 21.5. The number of fused-ring (bicyclic) bond motifs is 1. The maximum atomic E-state index is 12.0. The van der Waals surface area contributed by atoms with Crippen LogP contribution >= 0.6 is 0 Å². The van der Waals surface area contributed by atoms with Crippen LogP contribution in [0, 0.1) is 22.7 Å². The van der Waals surface area contributed by atoms with Gasteiger partial charge >= 0.3 is 0 Å². The van der Waals surface area contributed by atoms with Crippen LogP contribution in [0.3, 0.4) is 0 Å². The van der Waals surface area contributed by atoms with Crippen LogP contribution in [0.4, 0.5) is 0 Å². The second kappa shape index (κ2) is 6.06. The van der Waals surface area contributed by atoms with Gasteiger partial charge in [-0.1, -0.05) is 19.9 Å². The Morgan fingerprint density at radius 1 is 1.33 bits per heavy atom. The van der Waals surface area contributed by atoms with Gasteiger partial charge in [-0.25, -0.2) is 0 Å². The summed E-state index contributed by atoms with van der Waals surface area (Å²) in [6, 6.07) is 6.08. The van der Waals surface area contributed by atoms with Crippen LogP contribution in [0.25, 0.3) is 0 Å². The molecule has 24 heavy (non-hydrogen) atoms. The van der Waals surface area contributed by atoms with Gasteiger partial charge < -0.3 is 14.7 Å². The zero-order valence-electron chi connectivity index (χ0n) is 15.2. The van der Waals surface area contributed by atoms with E-state index in [2.05, 4.69) is 31.9 Å². The van der Waals surface area contributed by atoms with Gasteiger partial charge in [-0.15, -0.1) is 0 Å². The standard InChI is InChI=1S/C20H28N2O2/c1-5-24-18-15(13-21)7-6-14-12-19(2,3)20(23,17(14)18)16-8-10-22(4)11-9-16/h6-7,16,23H,5,8-12H2,1-4H3. The zero-order valence-corrected chi connectivity index (χ0v) is 15.2.